The predicted octanol–water partition coefficient (Wildman–Crippen LogP) is 1.79. The van der Waals surface area contributed by atoms with Crippen molar-refractivity contribution in [2.24, 2.45) is 17.1 Å². The van der Waals surface area contributed by atoms with Crippen molar-refractivity contribution in [3.05, 3.63) is 0 Å². The fraction of sp³-hybridized carbons (Fsp3) is 1.00. The van der Waals surface area contributed by atoms with E-state index in [4.69, 9.17) is 10.5 Å². The average molecular weight is 171 g/mol. The van der Waals surface area contributed by atoms with Gasteiger partial charge in [0.25, 0.3) is 0 Å². The van der Waals surface area contributed by atoms with Crippen molar-refractivity contribution in [1.82, 2.24) is 0 Å². The molecule has 0 aliphatic carbocycles. The summed E-state index contributed by atoms with van der Waals surface area (Å²) in [6.45, 7) is 8.32. The van der Waals surface area contributed by atoms with Gasteiger partial charge in [0.05, 0.1) is 12.7 Å². The monoisotopic (exact) mass is 171 g/mol. The molecule has 1 aliphatic rings. The first-order valence-corrected chi connectivity index (χ1v) is 4.87. The van der Waals surface area contributed by atoms with Crippen molar-refractivity contribution >= 4 is 0 Å². The molecule has 0 aromatic heterocycles. The summed E-state index contributed by atoms with van der Waals surface area (Å²) in [4.78, 5) is 0. The Morgan fingerprint density at radius 1 is 1.58 bits per heavy atom. The van der Waals surface area contributed by atoms with E-state index in [-0.39, 0.29) is 0 Å². The van der Waals surface area contributed by atoms with E-state index >= 15 is 0 Å². The fourth-order valence-corrected chi connectivity index (χ4v) is 1.62. The fourth-order valence-electron chi connectivity index (χ4n) is 1.62. The van der Waals surface area contributed by atoms with Crippen molar-refractivity contribution in [1.29, 1.82) is 0 Å². The van der Waals surface area contributed by atoms with Crippen LogP contribution in [0.3, 0.4) is 0 Å². The SMILES string of the molecule is C[C@H](CN)C1CCC(C)(C)CO1. The molecule has 72 valence electrons. The van der Waals surface area contributed by atoms with E-state index in [9.17, 15) is 0 Å². The molecule has 1 fully saturated rings. The number of ether oxygens (including phenoxy) is 1. The van der Waals surface area contributed by atoms with Gasteiger partial charge in [-0.25, -0.2) is 0 Å². The van der Waals surface area contributed by atoms with Crippen molar-refractivity contribution in [2.75, 3.05) is 13.2 Å². The molecule has 1 unspecified atom stereocenters. The molecule has 0 amide bonds. The standard InChI is InChI=1S/C10H21NO/c1-8(6-11)9-4-5-10(2,3)7-12-9/h8-9H,4-7,11H2,1-3H3/t8-,9?/m1/s1. The van der Waals surface area contributed by atoms with Crippen LogP contribution in [0.5, 0.6) is 0 Å². The maximum atomic E-state index is 5.77. The van der Waals surface area contributed by atoms with Crippen LogP contribution in [-0.4, -0.2) is 19.3 Å². The molecule has 2 atom stereocenters. The topological polar surface area (TPSA) is 35.2 Å². The molecule has 1 aliphatic heterocycles. The molecule has 0 spiro atoms. The van der Waals surface area contributed by atoms with E-state index in [0.717, 1.165) is 13.2 Å². The lowest BCUT2D eigenvalue weighted by Gasteiger charge is -2.36. The lowest BCUT2D eigenvalue weighted by molar-refractivity contribution is -0.0695. The normalized spacial score (nSPS) is 31.5. The van der Waals surface area contributed by atoms with Crippen LogP contribution in [0, 0.1) is 11.3 Å². The van der Waals surface area contributed by atoms with E-state index in [1.54, 1.807) is 0 Å². The van der Waals surface area contributed by atoms with Gasteiger partial charge in [0.15, 0.2) is 0 Å². The molecule has 0 radical (unpaired) electrons. The van der Waals surface area contributed by atoms with Gasteiger partial charge in [0.2, 0.25) is 0 Å². The van der Waals surface area contributed by atoms with Gasteiger partial charge in [0, 0.05) is 0 Å². The minimum absolute atomic E-state index is 0.380. The van der Waals surface area contributed by atoms with Crippen LogP contribution >= 0.6 is 0 Å². The van der Waals surface area contributed by atoms with Crippen LogP contribution in [-0.2, 0) is 4.74 Å². The highest BCUT2D eigenvalue weighted by molar-refractivity contribution is 4.79. The molecular weight excluding hydrogens is 150 g/mol. The van der Waals surface area contributed by atoms with Crippen LogP contribution in [0.2, 0.25) is 0 Å². The predicted molar refractivity (Wildman–Crippen MR) is 51.0 cm³/mol. The first-order chi connectivity index (χ1) is 5.55. The average Bonchev–Trinajstić information content (AvgIpc) is 2.03. The van der Waals surface area contributed by atoms with Gasteiger partial charge < -0.3 is 10.5 Å². The third-order valence-corrected chi connectivity index (χ3v) is 2.80. The molecule has 1 saturated heterocycles. The highest BCUT2D eigenvalue weighted by Crippen LogP contribution is 2.31. The van der Waals surface area contributed by atoms with Gasteiger partial charge in [-0.05, 0) is 30.7 Å². The zero-order valence-electron chi connectivity index (χ0n) is 8.47. The molecule has 0 saturated carbocycles. The van der Waals surface area contributed by atoms with Gasteiger partial charge in [-0.3, -0.25) is 0 Å². The summed E-state index contributed by atoms with van der Waals surface area (Å²) in [6, 6.07) is 0. The minimum atomic E-state index is 0.380. The second-order valence-electron chi connectivity index (χ2n) is 4.77. The number of hydrogen-bond acceptors (Lipinski definition) is 2. The van der Waals surface area contributed by atoms with E-state index in [1.807, 2.05) is 0 Å². The minimum Gasteiger partial charge on any atom is -0.377 e. The molecule has 2 heteroatoms. The van der Waals surface area contributed by atoms with Gasteiger partial charge in [-0.15, -0.1) is 0 Å². The van der Waals surface area contributed by atoms with Crippen molar-refractivity contribution in [2.45, 2.75) is 39.7 Å². The summed E-state index contributed by atoms with van der Waals surface area (Å²) < 4.78 is 5.77. The Kier molecular flexibility index (Phi) is 3.13. The third kappa shape index (κ3) is 2.46. The van der Waals surface area contributed by atoms with Crippen LogP contribution in [0.15, 0.2) is 0 Å². The number of rotatable bonds is 2. The molecule has 0 aromatic carbocycles. The Hall–Kier alpha value is -0.0800. The smallest absolute Gasteiger partial charge is 0.0613 e. The highest BCUT2D eigenvalue weighted by Gasteiger charge is 2.29. The molecule has 2 N–H and O–H groups in total. The van der Waals surface area contributed by atoms with Crippen LogP contribution in [0.4, 0.5) is 0 Å². The second kappa shape index (κ2) is 3.75. The maximum absolute atomic E-state index is 5.77. The Balaban J connectivity index is 2.36. The van der Waals surface area contributed by atoms with E-state index in [1.165, 1.54) is 12.8 Å². The van der Waals surface area contributed by atoms with Crippen molar-refractivity contribution < 1.29 is 4.74 Å². The molecule has 0 bridgehead atoms. The van der Waals surface area contributed by atoms with Crippen molar-refractivity contribution in [3.8, 4) is 0 Å². The summed E-state index contributed by atoms with van der Waals surface area (Å²) in [5.41, 5.74) is 5.97. The lowest BCUT2D eigenvalue weighted by Crippen LogP contribution is -2.37. The van der Waals surface area contributed by atoms with Crippen molar-refractivity contribution in [3.63, 3.8) is 0 Å². The quantitative estimate of drug-likeness (QED) is 0.687. The van der Waals surface area contributed by atoms with E-state index in [2.05, 4.69) is 20.8 Å². The first kappa shape index (κ1) is 10.0. The molecular formula is C10H21NO. The summed E-state index contributed by atoms with van der Waals surface area (Å²) in [5, 5.41) is 0. The zero-order chi connectivity index (χ0) is 9.19. The summed E-state index contributed by atoms with van der Waals surface area (Å²) in [5.74, 6) is 0.515. The van der Waals surface area contributed by atoms with E-state index in [0.29, 0.717) is 17.4 Å². The second-order valence-corrected chi connectivity index (χ2v) is 4.77. The van der Waals surface area contributed by atoms with E-state index < -0.39 is 0 Å². The maximum Gasteiger partial charge on any atom is 0.0613 e. The molecule has 0 aromatic rings. The van der Waals surface area contributed by atoms with Gasteiger partial charge in [-0.1, -0.05) is 20.8 Å². The van der Waals surface area contributed by atoms with Crippen LogP contribution in [0.25, 0.3) is 0 Å². The lowest BCUT2D eigenvalue weighted by atomic mass is 9.83. The largest absolute Gasteiger partial charge is 0.377 e. The van der Waals surface area contributed by atoms with Gasteiger partial charge in [-0.2, -0.15) is 0 Å². The Morgan fingerprint density at radius 3 is 2.67 bits per heavy atom. The molecule has 1 heterocycles. The van der Waals surface area contributed by atoms with Crippen LogP contribution < -0.4 is 5.73 Å². The highest BCUT2D eigenvalue weighted by atomic mass is 16.5. The Morgan fingerprint density at radius 2 is 2.25 bits per heavy atom. The van der Waals surface area contributed by atoms with Gasteiger partial charge in [0.1, 0.15) is 0 Å². The number of hydrogen-bond donors (Lipinski definition) is 1. The first-order valence-electron chi connectivity index (χ1n) is 4.87. The molecule has 12 heavy (non-hydrogen) atoms. The summed E-state index contributed by atoms with van der Waals surface area (Å²) in [7, 11) is 0. The summed E-state index contributed by atoms with van der Waals surface area (Å²) >= 11 is 0. The Bertz CT molecular complexity index is 135. The summed E-state index contributed by atoms with van der Waals surface area (Å²) in [6.07, 6.45) is 2.84. The van der Waals surface area contributed by atoms with Gasteiger partial charge >= 0.3 is 0 Å². The van der Waals surface area contributed by atoms with Crippen LogP contribution in [0.1, 0.15) is 33.6 Å². The zero-order valence-corrected chi connectivity index (χ0v) is 8.47. The molecule has 1 rings (SSSR count). The third-order valence-electron chi connectivity index (χ3n) is 2.80. The molecule has 2 nitrogen and oxygen atoms in total. The Labute approximate surface area is 75.5 Å². The number of nitrogens with two attached hydrogens (primary N) is 1.